The number of unbranched alkanes of at least 4 members (excludes halogenated alkanes) is 9. The second kappa shape index (κ2) is 14.1. The number of hydrogen-bond donors (Lipinski definition) is 2. The third-order valence-corrected chi connectivity index (χ3v) is 3.92. The molecule has 0 amide bonds. The molecule has 0 radical (unpaired) electrons. The first-order valence-electron chi connectivity index (χ1n) is 8.93. The lowest BCUT2D eigenvalue weighted by Gasteiger charge is -2.07. The zero-order chi connectivity index (χ0) is 15.0. The van der Waals surface area contributed by atoms with Crippen molar-refractivity contribution in [2.24, 2.45) is 0 Å². The predicted octanol–water partition coefficient (Wildman–Crippen LogP) is 5.20. The molecule has 21 heavy (non-hydrogen) atoms. The maximum Gasteiger partial charge on any atom is 0.0351 e. The van der Waals surface area contributed by atoms with Crippen LogP contribution < -0.4 is 10.9 Å². The Morgan fingerprint density at radius 2 is 1.24 bits per heavy atom. The van der Waals surface area contributed by atoms with Crippen molar-refractivity contribution in [3.8, 4) is 0 Å². The van der Waals surface area contributed by atoms with Gasteiger partial charge in [0.05, 0.1) is 0 Å². The van der Waals surface area contributed by atoms with Crippen molar-refractivity contribution in [3.05, 3.63) is 35.9 Å². The van der Waals surface area contributed by atoms with E-state index in [-0.39, 0.29) is 0 Å². The Morgan fingerprint density at radius 3 is 1.86 bits per heavy atom. The summed E-state index contributed by atoms with van der Waals surface area (Å²) in [5.41, 5.74) is 7.92. The summed E-state index contributed by atoms with van der Waals surface area (Å²) < 4.78 is 0. The largest absolute Gasteiger partial charge is 0.258 e. The first-order chi connectivity index (χ1) is 10.4. The Morgan fingerprint density at radius 1 is 0.667 bits per heavy atom. The smallest absolute Gasteiger partial charge is 0.0351 e. The Labute approximate surface area is 131 Å². The van der Waals surface area contributed by atoms with Crippen molar-refractivity contribution in [1.29, 1.82) is 0 Å². The van der Waals surface area contributed by atoms with Crippen LogP contribution in [0, 0.1) is 0 Å². The molecule has 0 heterocycles. The quantitative estimate of drug-likeness (QED) is 0.363. The Bertz CT molecular complexity index is 311. The van der Waals surface area contributed by atoms with Gasteiger partial charge in [-0.1, -0.05) is 95.0 Å². The average molecular weight is 290 g/mol. The summed E-state index contributed by atoms with van der Waals surface area (Å²) in [6, 6.07) is 10.5. The number of benzene rings is 1. The van der Waals surface area contributed by atoms with Gasteiger partial charge in [0.15, 0.2) is 0 Å². The molecule has 1 aromatic carbocycles. The van der Waals surface area contributed by atoms with Crippen LogP contribution in [0.2, 0.25) is 0 Å². The molecule has 0 saturated heterocycles. The van der Waals surface area contributed by atoms with Gasteiger partial charge >= 0.3 is 0 Å². The van der Waals surface area contributed by atoms with E-state index in [1.807, 2.05) is 0 Å². The topological polar surface area (TPSA) is 24.1 Å². The van der Waals surface area contributed by atoms with Gasteiger partial charge in [0.1, 0.15) is 0 Å². The van der Waals surface area contributed by atoms with Crippen molar-refractivity contribution in [3.63, 3.8) is 0 Å². The summed E-state index contributed by atoms with van der Waals surface area (Å²) in [7, 11) is 0. The van der Waals surface area contributed by atoms with Crippen LogP contribution in [-0.4, -0.2) is 6.54 Å². The number of rotatable bonds is 14. The highest BCUT2D eigenvalue weighted by Crippen LogP contribution is 2.10. The second-order valence-corrected chi connectivity index (χ2v) is 5.95. The van der Waals surface area contributed by atoms with E-state index in [4.69, 9.17) is 0 Å². The third kappa shape index (κ3) is 11.5. The van der Waals surface area contributed by atoms with Gasteiger partial charge in [0.25, 0.3) is 0 Å². The van der Waals surface area contributed by atoms with E-state index in [0.29, 0.717) is 0 Å². The minimum Gasteiger partial charge on any atom is -0.258 e. The maximum atomic E-state index is 3.31. The highest BCUT2D eigenvalue weighted by Gasteiger charge is 1.93. The highest BCUT2D eigenvalue weighted by molar-refractivity contribution is 5.13. The molecule has 0 unspecified atom stereocenters. The molecule has 2 N–H and O–H groups in total. The Hall–Kier alpha value is -0.860. The van der Waals surface area contributed by atoms with Gasteiger partial charge in [-0.25, -0.2) is 0 Å². The van der Waals surface area contributed by atoms with Gasteiger partial charge in [-0.2, -0.15) is 0 Å². The van der Waals surface area contributed by atoms with Gasteiger partial charge in [0, 0.05) is 13.1 Å². The van der Waals surface area contributed by atoms with Crippen LogP contribution in [0.25, 0.3) is 0 Å². The Kier molecular flexibility index (Phi) is 12.2. The van der Waals surface area contributed by atoms with Gasteiger partial charge in [0.2, 0.25) is 0 Å². The Balaban J connectivity index is 1.75. The molecule has 0 aliphatic rings. The fourth-order valence-electron chi connectivity index (χ4n) is 2.55. The van der Waals surface area contributed by atoms with E-state index in [1.165, 1.54) is 69.8 Å². The molecule has 0 aromatic heterocycles. The number of hydrazine groups is 1. The molecular formula is C19H34N2. The maximum absolute atomic E-state index is 3.31. The van der Waals surface area contributed by atoms with Gasteiger partial charge < -0.3 is 0 Å². The molecule has 0 saturated carbocycles. The van der Waals surface area contributed by atoms with E-state index >= 15 is 0 Å². The van der Waals surface area contributed by atoms with Gasteiger partial charge in [-0.15, -0.1) is 0 Å². The van der Waals surface area contributed by atoms with Crippen LogP contribution in [0.5, 0.6) is 0 Å². The first-order valence-corrected chi connectivity index (χ1v) is 8.93. The van der Waals surface area contributed by atoms with E-state index in [1.54, 1.807) is 0 Å². The van der Waals surface area contributed by atoms with E-state index in [2.05, 4.69) is 48.1 Å². The average Bonchev–Trinajstić information content (AvgIpc) is 2.53. The zero-order valence-electron chi connectivity index (χ0n) is 13.9. The van der Waals surface area contributed by atoms with Gasteiger partial charge in [-0.05, 0) is 12.0 Å². The lowest BCUT2D eigenvalue weighted by molar-refractivity contribution is 0.495. The summed E-state index contributed by atoms with van der Waals surface area (Å²) >= 11 is 0. The van der Waals surface area contributed by atoms with Crippen LogP contribution in [0.4, 0.5) is 0 Å². The van der Waals surface area contributed by atoms with Crippen molar-refractivity contribution in [2.75, 3.05) is 6.54 Å². The summed E-state index contributed by atoms with van der Waals surface area (Å²) in [5.74, 6) is 0. The molecule has 0 fully saturated rings. The lowest BCUT2D eigenvalue weighted by atomic mass is 10.1. The van der Waals surface area contributed by atoms with Crippen LogP contribution in [0.15, 0.2) is 30.3 Å². The standard InChI is InChI=1S/C19H34N2/c1-2-3-4-5-6-7-8-9-10-14-17-20-21-18-19-15-12-11-13-16-19/h11-13,15-16,20-21H,2-10,14,17-18H2,1H3. The second-order valence-electron chi connectivity index (χ2n) is 5.95. The van der Waals surface area contributed by atoms with Crippen LogP contribution >= 0.6 is 0 Å². The lowest BCUT2D eigenvalue weighted by Crippen LogP contribution is -2.31. The van der Waals surface area contributed by atoms with Crippen LogP contribution in [0.1, 0.15) is 76.7 Å². The minimum absolute atomic E-state index is 0.901. The molecule has 1 rings (SSSR count). The zero-order valence-corrected chi connectivity index (χ0v) is 13.9. The fourth-order valence-corrected chi connectivity index (χ4v) is 2.55. The van der Waals surface area contributed by atoms with E-state index < -0.39 is 0 Å². The molecule has 2 nitrogen and oxygen atoms in total. The molecule has 0 spiro atoms. The fraction of sp³-hybridized carbons (Fsp3) is 0.684. The first kappa shape index (κ1) is 18.2. The van der Waals surface area contributed by atoms with Crippen LogP contribution in [0.3, 0.4) is 0 Å². The SMILES string of the molecule is CCCCCCCCCCCCNNCc1ccccc1. The van der Waals surface area contributed by atoms with E-state index in [0.717, 1.165) is 13.1 Å². The van der Waals surface area contributed by atoms with E-state index in [9.17, 15) is 0 Å². The third-order valence-electron chi connectivity index (χ3n) is 3.92. The molecule has 0 aliphatic heterocycles. The van der Waals surface area contributed by atoms with Gasteiger partial charge in [-0.3, -0.25) is 10.9 Å². The molecular weight excluding hydrogens is 256 g/mol. The molecule has 0 atom stereocenters. The monoisotopic (exact) mass is 290 g/mol. The molecule has 1 aromatic rings. The summed E-state index contributed by atoms with van der Waals surface area (Å²) in [4.78, 5) is 0. The minimum atomic E-state index is 0.901. The predicted molar refractivity (Wildman–Crippen MR) is 93.1 cm³/mol. The summed E-state index contributed by atoms with van der Waals surface area (Å²) in [6.45, 7) is 4.25. The van der Waals surface area contributed by atoms with Crippen molar-refractivity contribution < 1.29 is 0 Å². The molecule has 0 bridgehead atoms. The highest BCUT2D eigenvalue weighted by atomic mass is 15.3. The summed E-state index contributed by atoms with van der Waals surface area (Å²) in [6.07, 6.45) is 14.0. The normalized spacial score (nSPS) is 10.9. The molecule has 2 heteroatoms. The summed E-state index contributed by atoms with van der Waals surface area (Å²) in [5, 5.41) is 0. The van der Waals surface area contributed by atoms with Crippen molar-refractivity contribution in [1.82, 2.24) is 10.9 Å². The number of nitrogens with one attached hydrogen (secondary N) is 2. The molecule has 0 aliphatic carbocycles. The van der Waals surface area contributed by atoms with Crippen molar-refractivity contribution >= 4 is 0 Å². The molecule has 120 valence electrons. The van der Waals surface area contributed by atoms with Crippen molar-refractivity contribution in [2.45, 2.75) is 77.7 Å². The number of hydrogen-bond acceptors (Lipinski definition) is 2. The van der Waals surface area contributed by atoms with Crippen LogP contribution in [-0.2, 0) is 6.54 Å².